The van der Waals surface area contributed by atoms with E-state index >= 15 is 0 Å². The van der Waals surface area contributed by atoms with E-state index in [4.69, 9.17) is 4.74 Å². The molecule has 4 atom stereocenters. The van der Waals surface area contributed by atoms with E-state index in [1.807, 2.05) is 0 Å². The molecular formula is C26H44O2. The summed E-state index contributed by atoms with van der Waals surface area (Å²) < 4.78 is 6.00. The highest BCUT2D eigenvalue weighted by Gasteiger charge is 2.42. The molecule has 0 spiro atoms. The number of esters is 1. The Bertz CT molecular complexity index is 553. The first kappa shape index (κ1) is 21.9. The van der Waals surface area contributed by atoms with Gasteiger partial charge in [0.05, 0.1) is 0 Å². The van der Waals surface area contributed by atoms with Gasteiger partial charge in [-0.3, -0.25) is 0 Å². The van der Waals surface area contributed by atoms with Crippen LogP contribution >= 0.6 is 0 Å². The molecule has 2 nitrogen and oxygen atoms in total. The van der Waals surface area contributed by atoms with E-state index < -0.39 is 0 Å². The van der Waals surface area contributed by atoms with Crippen molar-refractivity contribution >= 4 is 5.97 Å². The van der Waals surface area contributed by atoms with Gasteiger partial charge < -0.3 is 4.74 Å². The number of ether oxygens (including phenoxy) is 1. The summed E-state index contributed by atoms with van der Waals surface area (Å²) in [6, 6.07) is 0. The van der Waals surface area contributed by atoms with E-state index in [1.54, 1.807) is 0 Å². The highest BCUT2D eigenvalue weighted by Crippen LogP contribution is 2.47. The lowest BCUT2D eigenvalue weighted by Crippen LogP contribution is -2.29. The van der Waals surface area contributed by atoms with Gasteiger partial charge in [0.1, 0.15) is 6.10 Å². The number of carbonyl (C=O) groups is 1. The fourth-order valence-corrected chi connectivity index (χ4v) is 6.29. The smallest absolute Gasteiger partial charge is 0.333 e. The molecule has 3 aliphatic carbocycles. The Morgan fingerprint density at radius 1 is 1.07 bits per heavy atom. The molecule has 2 bridgehead atoms. The van der Waals surface area contributed by atoms with Crippen LogP contribution in [-0.4, -0.2) is 12.1 Å². The van der Waals surface area contributed by atoms with Gasteiger partial charge in [0, 0.05) is 5.57 Å². The third kappa shape index (κ3) is 5.22. The van der Waals surface area contributed by atoms with Gasteiger partial charge in [-0.25, -0.2) is 4.79 Å². The predicted molar refractivity (Wildman–Crippen MR) is 117 cm³/mol. The maximum absolute atomic E-state index is 12.9. The molecule has 28 heavy (non-hydrogen) atoms. The van der Waals surface area contributed by atoms with Crippen LogP contribution in [0.2, 0.25) is 0 Å². The highest BCUT2D eigenvalue weighted by atomic mass is 16.5. The molecule has 0 radical (unpaired) electrons. The van der Waals surface area contributed by atoms with Crippen molar-refractivity contribution in [3.8, 4) is 0 Å². The number of allylic oxidation sites excluding steroid dienone is 1. The lowest BCUT2D eigenvalue weighted by molar-refractivity contribution is -0.147. The molecule has 0 aromatic rings. The van der Waals surface area contributed by atoms with Crippen molar-refractivity contribution in [3.05, 3.63) is 11.6 Å². The van der Waals surface area contributed by atoms with Gasteiger partial charge in [0.25, 0.3) is 0 Å². The summed E-state index contributed by atoms with van der Waals surface area (Å²) in [5.74, 6) is 3.90. The third-order valence-electron chi connectivity index (χ3n) is 8.45. The monoisotopic (exact) mass is 388 g/mol. The van der Waals surface area contributed by atoms with E-state index in [-0.39, 0.29) is 17.5 Å². The van der Waals surface area contributed by atoms with Gasteiger partial charge in [0.2, 0.25) is 0 Å². The molecule has 0 aromatic carbocycles. The summed E-state index contributed by atoms with van der Waals surface area (Å²) in [5.41, 5.74) is 0.995. The van der Waals surface area contributed by atoms with Crippen LogP contribution in [0.1, 0.15) is 105 Å². The average Bonchev–Trinajstić information content (AvgIpc) is 3.29. The van der Waals surface area contributed by atoms with Crippen LogP contribution in [0.25, 0.3) is 0 Å². The first-order valence-corrected chi connectivity index (χ1v) is 12.2. The van der Waals surface area contributed by atoms with Crippen LogP contribution in [0.5, 0.6) is 0 Å². The van der Waals surface area contributed by atoms with Gasteiger partial charge in [0.15, 0.2) is 0 Å². The molecule has 3 aliphatic rings. The lowest BCUT2D eigenvalue weighted by Gasteiger charge is -2.38. The van der Waals surface area contributed by atoms with Gasteiger partial charge in [-0.1, -0.05) is 60.0 Å². The summed E-state index contributed by atoms with van der Waals surface area (Å²) in [6.45, 7) is 11.5. The highest BCUT2D eigenvalue weighted by molar-refractivity contribution is 5.88. The molecule has 0 aliphatic heterocycles. The number of fused-ring (bicyclic) bond motifs is 2. The maximum atomic E-state index is 12.9. The van der Waals surface area contributed by atoms with E-state index in [2.05, 4.69) is 40.7 Å². The molecule has 2 heteroatoms. The summed E-state index contributed by atoms with van der Waals surface area (Å²) in [7, 11) is 0. The first-order valence-electron chi connectivity index (χ1n) is 12.2. The molecular weight excluding hydrogens is 344 g/mol. The fraction of sp³-hybridized carbons (Fsp3) is 0.885. The van der Waals surface area contributed by atoms with E-state index in [0.717, 1.165) is 36.2 Å². The Hall–Kier alpha value is -0.790. The quantitative estimate of drug-likeness (QED) is 0.321. The minimum Gasteiger partial charge on any atom is -0.459 e. The number of hydrogen-bond acceptors (Lipinski definition) is 2. The van der Waals surface area contributed by atoms with Crippen molar-refractivity contribution in [2.24, 2.45) is 35.0 Å². The molecule has 3 rings (SSSR count). The standard InChI is InChI=1S/C26H44O2/c1-6-18(3)14-19-9-12-23(13-10-19)26(4,5)17-21(7-2)25(27)28-24-16-20-8-11-22(24)15-20/h17-20,22-24H,6-16H2,1-5H3. The molecule has 3 saturated carbocycles. The fourth-order valence-electron chi connectivity index (χ4n) is 6.29. The van der Waals surface area contributed by atoms with Crippen LogP contribution in [0, 0.1) is 35.0 Å². The topological polar surface area (TPSA) is 26.3 Å². The SMILES string of the molecule is CCC(=CC(C)(C)C1CCC(CC(C)CC)CC1)C(=O)OC1CC2CCC1C2. The van der Waals surface area contributed by atoms with Crippen LogP contribution in [0.3, 0.4) is 0 Å². The number of carbonyl (C=O) groups excluding carboxylic acids is 1. The molecule has 0 aromatic heterocycles. The largest absolute Gasteiger partial charge is 0.459 e. The van der Waals surface area contributed by atoms with E-state index in [1.165, 1.54) is 57.8 Å². The second-order valence-corrected chi connectivity index (χ2v) is 10.9. The summed E-state index contributed by atoms with van der Waals surface area (Å²) >= 11 is 0. The second kappa shape index (κ2) is 9.35. The minimum atomic E-state index is -0.0291. The van der Waals surface area contributed by atoms with Crippen LogP contribution in [-0.2, 0) is 9.53 Å². The summed E-state index contributed by atoms with van der Waals surface area (Å²) in [4.78, 5) is 12.9. The molecule has 4 unspecified atom stereocenters. The molecule has 0 amide bonds. The predicted octanol–water partition coefficient (Wildman–Crippen LogP) is 7.32. The zero-order valence-corrected chi connectivity index (χ0v) is 19.1. The van der Waals surface area contributed by atoms with Gasteiger partial charge in [-0.05, 0) is 86.4 Å². The lowest BCUT2D eigenvalue weighted by atomic mass is 9.67. The van der Waals surface area contributed by atoms with Crippen LogP contribution in [0.4, 0.5) is 0 Å². The normalized spacial score (nSPS) is 34.5. The van der Waals surface area contributed by atoms with Crippen molar-refractivity contribution < 1.29 is 9.53 Å². The van der Waals surface area contributed by atoms with Crippen molar-refractivity contribution in [2.45, 2.75) is 111 Å². The van der Waals surface area contributed by atoms with Gasteiger partial charge in [-0.15, -0.1) is 0 Å². The van der Waals surface area contributed by atoms with Crippen LogP contribution < -0.4 is 0 Å². The summed E-state index contributed by atoms with van der Waals surface area (Å²) in [5, 5.41) is 0. The van der Waals surface area contributed by atoms with Gasteiger partial charge >= 0.3 is 5.97 Å². The molecule has 3 fully saturated rings. The zero-order chi connectivity index (χ0) is 20.3. The number of hydrogen-bond donors (Lipinski definition) is 0. The summed E-state index contributed by atoms with van der Waals surface area (Å²) in [6.07, 6.45) is 16.3. The van der Waals surface area contributed by atoms with Crippen molar-refractivity contribution in [1.82, 2.24) is 0 Å². The molecule has 0 N–H and O–H groups in total. The second-order valence-electron chi connectivity index (χ2n) is 10.9. The molecule has 0 heterocycles. The Morgan fingerprint density at radius 2 is 1.79 bits per heavy atom. The van der Waals surface area contributed by atoms with Crippen molar-refractivity contribution in [2.75, 3.05) is 0 Å². The zero-order valence-electron chi connectivity index (χ0n) is 19.1. The van der Waals surface area contributed by atoms with E-state index in [0.29, 0.717) is 11.8 Å². The Labute approximate surface area is 173 Å². The average molecular weight is 389 g/mol. The Balaban J connectivity index is 1.55. The van der Waals surface area contributed by atoms with Gasteiger partial charge in [-0.2, -0.15) is 0 Å². The molecule has 160 valence electrons. The van der Waals surface area contributed by atoms with Crippen molar-refractivity contribution in [3.63, 3.8) is 0 Å². The minimum absolute atomic E-state index is 0.0291. The maximum Gasteiger partial charge on any atom is 0.333 e. The van der Waals surface area contributed by atoms with Crippen molar-refractivity contribution in [1.29, 1.82) is 0 Å². The molecule has 0 saturated heterocycles. The van der Waals surface area contributed by atoms with Crippen LogP contribution in [0.15, 0.2) is 11.6 Å². The Morgan fingerprint density at radius 3 is 2.32 bits per heavy atom. The van der Waals surface area contributed by atoms with E-state index in [9.17, 15) is 4.79 Å². The third-order valence-corrected chi connectivity index (χ3v) is 8.45. The first-order chi connectivity index (χ1) is 13.3. The Kier molecular flexibility index (Phi) is 7.32. The number of rotatable bonds is 8.